The van der Waals surface area contributed by atoms with Gasteiger partial charge in [-0.05, 0) is 109 Å². The van der Waals surface area contributed by atoms with Gasteiger partial charge in [0, 0.05) is 19.3 Å². The molecule has 0 aromatic heterocycles. The zero-order chi connectivity index (χ0) is 58.5. The van der Waals surface area contributed by atoms with Crippen molar-refractivity contribution < 1.29 is 28.6 Å². The monoisotopic (exact) mass is 1130 g/mol. The molecule has 470 valence electrons. The van der Waals surface area contributed by atoms with Gasteiger partial charge in [-0.1, -0.05) is 312 Å². The Bertz CT molecular complexity index is 1490. The Hall–Kier alpha value is -3.15. The molecule has 1 unspecified atom stereocenters. The van der Waals surface area contributed by atoms with E-state index in [2.05, 4.69) is 93.7 Å². The first-order valence-corrected chi connectivity index (χ1v) is 35.4. The lowest BCUT2D eigenvalue weighted by atomic mass is 10.0. The molecular formula is C75H134O6. The van der Waals surface area contributed by atoms with Crippen LogP contribution in [0.1, 0.15) is 367 Å². The molecule has 1 atom stereocenters. The van der Waals surface area contributed by atoms with Crippen LogP contribution in [0.4, 0.5) is 0 Å². The predicted molar refractivity (Wildman–Crippen MR) is 353 cm³/mol. The summed E-state index contributed by atoms with van der Waals surface area (Å²) in [7, 11) is 0. The molecule has 0 aromatic rings. The van der Waals surface area contributed by atoms with Gasteiger partial charge in [0.15, 0.2) is 6.10 Å². The summed E-state index contributed by atoms with van der Waals surface area (Å²) in [6, 6.07) is 0. The van der Waals surface area contributed by atoms with Gasteiger partial charge < -0.3 is 14.2 Å². The highest BCUT2D eigenvalue weighted by Crippen LogP contribution is 2.18. The maximum atomic E-state index is 13.0. The van der Waals surface area contributed by atoms with E-state index < -0.39 is 6.10 Å². The van der Waals surface area contributed by atoms with Gasteiger partial charge in [0.05, 0.1) is 0 Å². The number of allylic oxidation sites excluding steroid dienone is 12. The van der Waals surface area contributed by atoms with Crippen molar-refractivity contribution in [3.8, 4) is 0 Å². The SMILES string of the molecule is CC/C=C\C/C=C\C/C=C\CCCCCC(=O)OCC(COC(=O)CCCCCCCCCCCCCCC/C=C\C/C=C\CCCCCCC)OC(=O)CCCCCCCCCCCCCCC/C=C\CCCCCCCCCC. The molecule has 6 nitrogen and oxygen atoms in total. The lowest BCUT2D eigenvalue weighted by Crippen LogP contribution is -2.30. The Morgan fingerprint density at radius 3 is 0.778 bits per heavy atom. The second-order valence-corrected chi connectivity index (χ2v) is 23.8. The molecule has 0 heterocycles. The van der Waals surface area contributed by atoms with Crippen LogP contribution < -0.4 is 0 Å². The van der Waals surface area contributed by atoms with Gasteiger partial charge >= 0.3 is 17.9 Å². The fraction of sp³-hybridized carbons (Fsp3) is 0.800. The van der Waals surface area contributed by atoms with E-state index in [0.717, 1.165) is 89.9 Å². The normalized spacial score (nSPS) is 12.5. The standard InChI is InChI=1S/C75H134O6/c1-4-7-10-13-16-19-22-25-27-29-31-33-35-37-39-41-43-45-47-50-53-56-59-62-65-68-74(77)80-71-72(70-79-73(76)67-64-61-58-55-52-49-24-21-18-15-12-9-6-3)81-75(78)69-66-63-60-57-54-51-48-46-44-42-40-38-36-34-32-30-28-26-23-20-17-14-11-8-5-2/h9,12,18,21-22,25,29-32,49,52,72H,4-8,10-11,13-17,19-20,23-24,26-28,33-48,50-51,53-71H2,1-3H3/b12-9-,21-18-,25-22-,31-29-,32-30-,52-49-. The maximum absolute atomic E-state index is 13.0. The molecule has 0 aliphatic rings. The van der Waals surface area contributed by atoms with Gasteiger partial charge in [0.2, 0.25) is 0 Å². The number of carbonyl (C=O) groups is 3. The molecule has 0 bridgehead atoms. The molecule has 6 heteroatoms. The molecule has 0 spiro atoms. The predicted octanol–water partition coefficient (Wildman–Crippen LogP) is 24.4. The molecule has 0 saturated carbocycles. The van der Waals surface area contributed by atoms with Crippen molar-refractivity contribution in [2.45, 2.75) is 374 Å². The summed E-state index contributed by atoms with van der Waals surface area (Å²) in [6.07, 6.45) is 90.8. The summed E-state index contributed by atoms with van der Waals surface area (Å²) < 4.78 is 17.0. The largest absolute Gasteiger partial charge is 0.462 e. The van der Waals surface area contributed by atoms with Gasteiger partial charge in [-0.15, -0.1) is 0 Å². The second kappa shape index (κ2) is 69.3. The van der Waals surface area contributed by atoms with Crippen LogP contribution in [0.15, 0.2) is 72.9 Å². The highest BCUT2D eigenvalue weighted by atomic mass is 16.6. The van der Waals surface area contributed by atoms with Gasteiger partial charge in [-0.2, -0.15) is 0 Å². The Balaban J connectivity index is 4.26. The third kappa shape index (κ3) is 67.5. The first-order valence-electron chi connectivity index (χ1n) is 35.4. The van der Waals surface area contributed by atoms with E-state index in [1.807, 2.05) is 0 Å². The Morgan fingerprint density at radius 1 is 0.259 bits per heavy atom. The van der Waals surface area contributed by atoms with Crippen LogP contribution >= 0.6 is 0 Å². The molecule has 0 N–H and O–H groups in total. The van der Waals surface area contributed by atoms with Crippen LogP contribution in [0.25, 0.3) is 0 Å². The highest BCUT2D eigenvalue weighted by Gasteiger charge is 2.19. The van der Waals surface area contributed by atoms with E-state index in [1.165, 1.54) is 238 Å². The molecule has 0 saturated heterocycles. The van der Waals surface area contributed by atoms with Crippen LogP contribution in [0.5, 0.6) is 0 Å². The lowest BCUT2D eigenvalue weighted by molar-refractivity contribution is -0.167. The molecule has 0 amide bonds. The summed E-state index contributed by atoms with van der Waals surface area (Å²) in [6.45, 7) is 6.54. The lowest BCUT2D eigenvalue weighted by Gasteiger charge is -2.18. The van der Waals surface area contributed by atoms with E-state index in [4.69, 9.17) is 14.2 Å². The average Bonchev–Trinajstić information content (AvgIpc) is 3.46. The quantitative estimate of drug-likeness (QED) is 0.0261. The fourth-order valence-corrected chi connectivity index (χ4v) is 10.4. The van der Waals surface area contributed by atoms with Crippen molar-refractivity contribution in [2.75, 3.05) is 13.2 Å². The Kier molecular flexibility index (Phi) is 66.6. The molecule has 0 aliphatic carbocycles. The number of hydrogen-bond donors (Lipinski definition) is 0. The van der Waals surface area contributed by atoms with Crippen LogP contribution in [0, 0.1) is 0 Å². The summed E-state index contributed by atoms with van der Waals surface area (Å²) in [4.78, 5) is 38.4. The minimum Gasteiger partial charge on any atom is -0.462 e. The number of unbranched alkanes of at least 4 members (excludes halogenated alkanes) is 42. The molecular weight excluding hydrogens is 997 g/mol. The van der Waals surface area contributed by atoms with E-state index in [1.54, 1.807) is 0 Å². The minimum atomic E-state index is -0.789. The van der Waals surface area contributed by atoms with Crippen molar-refractivity contribution in [1.82, 2.24) is 0 Å². The van der Waals surface area contributed by atoms with Crippen LogP contribution in [-0.2, 0) is 28.6 Å². The van der Waals surface area contributed by atoms with Crippen LogP contribution in [-0.4, -0.2) is 37.2 Å². The van der Waals surface area contributed by atoms with E-state index >= 15 is 0 Å². The Morgan fingerprint density at radius 2 is 0.481 bits per heavy atom. The van der Waals surface area contributed by atoms with Crippen LogP contribution in [0.2, 0.25) is 0 Å². The zero-order valence-electron chi connectivity index (χ0n) is 54.1. The molecule has 81 heavy (non-hydrogen) atoms. The fourth-order valence-electron chi connectivity index (χ4n) is 10.4. The molecule has 0 rings (SSSR count). The third-order valence-electron chi connectivity index (χ3n) is 15.7. The number of carbonyl (C=O) groups excluding carboxylic acids is 3. The van der Waals surface area contributed by atoms with E-state index in [9.17, 15) is 14.4 Å². The summed E-state index contributed by atoms with van der Waals surface area (Å²) >= 11 is 0. The first kappa shape index (κ1) is 77.9. The van der Waals surface area contributed by atoms with Crippen LogP contribution in [0.3, 0.4) is 0 Å². The third-order valence-corrected chi connectivity index (χ3v) is 15.7. The number of ether oxygens (including phenoxy) is 3. The van der Waals surface area contributed by atoms with Crippen molar-refractivity contribution in [3.05, 3.63) is 72.9 Å². The van der Waals surface area contributed by atoms with E-state index in [-0.39, 0.29) is 31.1 Å². The minimum absolute atomic E-state index is 0.0827. The average molecular weight is 1130 g/mol. The molecule has 0 radical (unpaired) electrons. The smallest absolute Gasteiger partial charge is 0.306 e. The van der Waals surface area contributed by atoms with Gasteiger partial charge in [-0.25, -0.2) is 0 Å². The van der Waals surface area contributed by atoms with Crippen molar-refractivity contribution in [2.24, 2.45) is 0 Å². The zero-order valence-corrected chi connectivity index (χ0v) is 54.1. The Labute approximate surface area is 503 Å². The molecule has 0 aromatic carbocycles. The number of rotatable bonds is 65. The maximum Gasteiger partial charge on any atom is 0.306 e. The van der Waals surface area contributed by atoms with Gasteiger partial charge in [-0.3, -0.25) is 14.4 Å². The second-order valence-electron chi connectivity index (χ2n) is 23.8. The highest BCUT2D eigenvalue weighted by molar-refractivity contribution is 5.71. The summed E-state index contributed by atoms with van der Waals surface area (Å²) in [5.74, 6) is -0.895. The first-order chi connectivity index (χ1) is 40.0. The van der Waals surface area contributed by atoms with Crippen molar-refractivity contribution in [1.29, 1.82) is 0 Å². The van der Waals surface area contributed by atoms with Gasteiger partial charge in [0.1, 0.15) is 13.2 Å². The molecule has 0 fully saturated rings. The van der Waals surface area contributed by atoms with Gasteiger partial charge in [0.25, 0.3) is 0 Å². The summed E-state index contributed by atoms with van der Waals surface area (Å²) in [5.41, 5.74) is 0. The number of hydrogen-bond acceptors (Lipinski definition) is 6. The molecule has 0 aliphatic heterocycles. The number of esters is 3. The van der Waals surface area contributed by atoms with Crippen molar-refractivity contribution >= 4 is 17.9 Å². The van der Waals surface area contributed by atoms with E-state index in [0.29, 0.717) is 19.3 Å². The summed E-state index contributed by atoms with van der Waals surface area (Å²) in [5, 5.41) is 0. The topological polar surface area (TPSA) is 78.9 Å². The van der Waals surface area contributed by atoms with Crippen molar-refractivity contribution in [3.63, 3.8) is 0 Å².